The summed E-state index contributed by atoms with van der Waals surface area (Å²) in [5.74, 6) is -0.778. The molecule has 0 aromatic heterocycles. The monoisotopic (exact) mass is 368 g/mol. The minimum Gasteiger partial charge on any atom is -0.496 e. The van der Waals surface area contributed by atoms with Gasteiger partial charge in [-0.05, 0) is 39.5 Å². The van der Waals surface area contributed by atoms with Gasteiger partial charge < -0.3 is 4.74 Å². The van der Waals surface area contributed by atoms with Gasteiger partial charge in [-0.2, -0.15) is 0 Å². The highest BCUT2D eigenvalue weighted by molar-refractivity contribution is 9.10. The number of benzene rings is 1. The van der Waals surface area contributed by atoms with Crippen LogP contribution < -0.4 is 4.74 Å². The summed E-state index contributed by atoms with van der Waals surface area (Å²) in [6.45, 7) is 4.06. The van der Waals surface area contributed by atoms with Gasteiger partial charge in [-0.25, -0.2) is 4.79 Å². The molecular formula is C15H17BrN2O4. The first kappa shape index (κ1) is 16.5. The number of amides is 4. The molecular weight excluding hydrogens is 352 g/mol. The van der Waals surface area contributed by atoms with Crippen molar-refractivity contribution in [2.24, 2.45) is 5.92 Å². The third-order valence-electron chi connectivity index (χ3n) is 3.24. The summed E-state index contributed by atoms with van der Waals surface area (Å²) >= 11 is 3.35. The lowest BCUT2D eigenvalue weighted by Crippen LogP contribution is -2.35. The molecule has 1 heterocycles. The van der Waals surface area contributed by atoms with Crippen LogP contribution in [0.15, 0.2) is 22.7 Å². The number of halogens is 1. The number of rotatable bonds is 5. The molecule has 0 radical (unpaired) electrons. The zero-order chi connectivity index (χ0) is 16.4. The van der Waals surface area contributed by atoms with Crippen molar-refractivity contribution in [1.82, 2.24) is 9.80 Å². The molecule has 1 fully saturated rings. The van der Waals surface area contributed by atoms with Crippen molar-refractivity contribution in [3.63, 3.8) is 0 Å². The van der Waals surface area contributed by atoms with Gasteiger partial charge in [-0.1, -0.05) is 19.9 Å². The third kappa shape index (κ3) is 3.14. The Morgan fingerprint density at radius 1 is 1.14 bits per heavy atom. The van der Waals surface area contributed by atoms with Crippen LogP contribution in [0.2, 0.25) is 0 Å². The molecule has 1 saturated heterocycles. The molecule has 1 aliphatic heterocycles. The standard InChI is InChI=1S/C15H17BrN2O4/c1-9(2)7-17-13(19)14(20)18(15(17)21)8-10-4-5-12(22-3)11(16)6-10/h4-6,9H,7-8H2,1-3H3. The van der Waals surface area contributed by atoms with Crippen LogP contribution in [0.4, 0.5) is 4.79 Å². The lowest BCUT2D eigenvalue weighted by atomic mass is 10.2. The van der Waals surface area contributed by atoms with Gasteiger partial charge in [-0.15, -0.1) is 0 Å². The zero-order valence-corrected chi connectivity index (χ0v) is 14.2. The molecule has 1 aromatic rings. The van der Waals surface area contributed by atoms with Crippen molar-refractivity contribution in [2.45, 2.75) is 20.4 Å². The largest absolute Gasteiger partial charge is 0.496 e. The molecule has 2 rings (SSSR count). The normalized spacial score (nSPS) is 15.2. The maximum absolute atomic E-state index is 12.2. The predicted molar refractivity (Wildman–Crippen MR) is 83.2 cm³/mol. The number of carbonyl (C=O) groups excluding carboxylic acids is 3. The summed E-state index contributed by atoms with van der Waals surface area (Å²) in [6.07, 6.45) is 0. The van der Waals surface area contributed by atoms with E-state index in [4.69, 9.17) is 4.74 Å². The smallest absolute Gasteiger partial charge is 0.334 e. The van der Waals surface area contributed by atoms with Crippen LogP contribution in [0.25, 0.3) is 0 Å². The summed E-state index contributed by atoms with van der Waals surface area (Å²) in [4.78, 5) is 38.1. The fraction of sp³-hybridized carbons (Fsp3) is 0.400. The first-order chi connectivity index (χ1) is 10.3. The van der Waals surface area contributed by atoms with Gasteiger partial charge in [-0.3, -0.25) is 19.4 Å². The van der Waals surface area contributed by atoms with E-state index in [1.165, 1.54) is 0 Å². The molecule has 4 amide bonds. The van der Waals surface area contributed by atoms with Crippen LogP contribution in [-0.2, 0) is 16.1 Å². The number of urea groups is 1. The first-order valence-corrected chi connectivity index (χ1v) is 7.64. The Hall–Kier alpha value is -1.89. The van der Waals surface area contributed by atoms with E-state index in [1.54, 1.807) is 25.3 Å². The Morgan fingerprint density at radius 2 is 1.77 bits per heavy atom. The fourth-order valence-electron chi connectivity index (χ4n) is 2.21. The molecule has 118 valence electrons. The van der Waals surface area contributed by atoms with Gasteiger partial charge in [0.2, 0.25) is 0 Å². The van der Waals surface area contributed by atoms with Crippen molar-refractivity contribution in [3.8, 4) is 5.75 Å². The first-order valence-electron chi connectivity index (χ1n) is 6.85. The lowest BCUT2D eigenvalue weighted by Gasteiger charge is -2.17. The van der Waals surface area contributed by atoms with Crippen molar-refractivity contribution in [3.05, 3.63) is 28.2 Å². The Balaban J connectivity index is 2.19. The van der Waals surface area contributed by atoms with Crippen molar-refractivity contribution in [1.29, 1.82) is 0 Å². The minimum atomic E-state index is -0.780. The van der Waals surface area contributed by atoms with E-state index in [-0.39, 0.29) is 19.0 Å². The molecule has 7 heteroatoms. The van der Waals surface area contributed by atoms with Crippen LogP contribution in [0, 0.1) is 5.92 Å². The molecule has 6 nitrogen and oxygen atoms in total. The average molecular weight is 369 g/mol. The van der Waals surface area contributed by atoms with Gasteiger partial charge in [0.25, 0.3) is 0 Å². The highest BCUT2D eigenvalue weighted by Crippen LogP contribution is 2.27. The van der Waals surface area contributed by atoms with Crippen LogP contribution in [-0.4, -0.2) is 41.3 Å². The van der Waals surface area contributed by atoms with E-state index in [0.717, 1.165) is 19.8 Å². The molecule has 0 unspecified atom stereocenters. The lowest BCUT2D eigenvalue weighted by molar-refractivity contribution is -0.143. The third-order valence-corrected chi connectivity index (χ3v) is 3.86. The second kappa shape index (κ2) is 6.48. The molecule has 0 spiro atoms. The molecule has 1 aromatic carbocycles. The van der Waals surface area contributed by atoms with E-state index in [1.807, 2.05) is 13.8 Å². The number of nitrogens with zero attached hydrogens (tertiary/aromatic N) is 2. The van der Waals surface area contributed by atoms with E-state index >= 15 is 0 Å². The van der Waals surface area contributed by atoms with E-state index in [2.05, 4.69) is 15.9 Å². The number of hydrogen-bond acceptors (Lipinski definition) is 4. The Morgan fingerprint density at radius 3 is 2.32 bits per heavy atom. The van der Waals surface area contributed by atoms with Crippen molar-refractivity contribution in [2.75, 3.05) is 13.7 Å². The maximum atomic E-state index is 12.2. The van der Waals surface area contributed by atoms with Gasteiger partial charge in [0.05, 0.1) is 18.1 Å². The molecule has 0 saturated carbocycles. The van der Waals surface area contributed by atoms with E-state index < -0.39 is 17.8 Å². The molecule has 0 bridgehead atoms. The summed E-state index contributed by atoms with van der Waals surface area (Å²) in [7, 11) is 1.55. The number of carbonyl (C=O) groups is 3. The summed E-state index contributed by atoms with van der Waals surface area (Å²) < 4.78 is 5.85. The number of ether oxygens (including phenoxy) is 1. The SMILES string of the molecule is COc1ccc(CN2C(=O)C(=O)N(CC(C)C)C2=O)cc1Br. The molecule has 0 atom stereocenters. The summed E-state index contributed by atoms with van der Waals surface area (Å²) in [6, 6.07) is 4.68. The zero-order valence-electron chi connectivity index (χ0n) is 12.6. The molecule has 0 N–H and O–H groups in total. The molecule has 22 heavy (non-hydrogen) atoms. The van der Waals surface area contributed by atoms with Crippen LogP contribution in [0.1, 0.15) is 19.4 Å². The van der Waals surface area contributed by atoms with Crippen molar-refractivity contribution >= 4 is 33.8 Å². The van der Waals surface area contributed by atoms with Gasteiger partial charge >= 0.3 is 17.8 Å². The van der Waals surface area contributed by atoms with Gasteiger partial charge in [0.15, 0.2) is 0 Å². The Kier molecular flexibility index (Phi) is 4.85. The summed E-state index contributed by atoms with van der Waals surface area (Å²) in [5.41, 5.74) is 0.730. The van der Waals surface area contributed by atoms with Crippen LogP contribution >= 0.6 is 15.9 Å². The average Bonchev–Trinajstić information content (AvgIpc) is 2.65. The predicted octanol–water partition coefficient (Wildman–Crippen LogP) is 2.40. The Labute approximate surface area is 137 Å². The number of methoxy groups -OCH3 is 1. The second-order valence-corrected chi connectivity index (χ2v) is 6.31. The molecule has 1 aliphatic rings. The summed E-state index contributed by atoms with van der Waals surface area (Å²) in [5, 5.41) is 0. The second-order valence-electron chi connectivity index (χ2n) is 5.45. The number of imide groups is 2. The highest BCUT2D eigenvalue weighted by atomic mass is 79.9. The maximum Gasteiger partial charge on any atom is 0.334 e. The van der Waals surface area contributed by atoms with E-state index in [0.29, 0.717) is 5.75 Å². The molecule has 0 aliphatic carbocycles. The van der Waals surface area contributed by atoms with Crippen LogP contribution in [0.3, 0.4) is 0 Å². The highest BCUT2D eigenvalue weighted by Gasteiger charge is 2.44. The quantitative estimate of drug-likeness (QED) is 0.591. The minimum absolute atomic E-state index is 0.0561. The van der Waals surface area contributed by atoms with Gasteiger partial charge in [0, 0.05) is 6.54 Å². The fourth-order valence-corrected chi connectivity index (χ4v) is 2.79. The van der Waals surface area contributed by atoms with Gasteiger partial charge in [0.1, 0.15) is 5.75 Å². The van der Waals surface area contributed by atoms with Crippen LogP contribution in [0.5, 0.6) is 5.75 Å². The topological polar surface area (TPSA) is 66.9 Å². The number of hydrogen-bond donors (Lipinski definition) is 0. The van der Waals surface area contributed by atoms with Crippen molar-refractivity contribution < 1.29 is 19.1 Å². The Bertz CT molecular complexity index is 630. The van der Waals surface area contributed by atoms with E-state index in [9.17, 15) is 14.4 Å².